The molecule has 0 aliphatic carbocycles. The van der Waals surface area contributed by atoms with Crippen LogP contribution >= 0.6 is 0 Å². The fraction of sp³-hybridized carbons (Fsp3) is 0.455. The minimum atomic E-state index is 0.760. The third kappa shape index (κ3) is 1.77. The number of hydrogen-bond donors (Lipinski definition) is 0. The van der Waals surface area contributed by atoms with Crippen LogP contribution in [-0.4, -0.2) is 13.2 Å². The average molecular weight is 177 g/mol. The van der Waals surface area contributed by atoms with Crippen LogP contribution in [0.3, 0.4) is 0 Å². The molecule has 69 valence electrons. The molecule has 2 nitrogen and oxygen atoms in total. The monoisotopic (exact) mass is 177 g/mol. The van der Waals surface area contributed by atoms with Gasteiger partial charge in [-0.2, -0.15) is 0 Å². The lowest BCUT2D eigenvalue weighted by Crippen LogP contribution is -1.95. The van der Waals surface area contributed by atoms with Crippen LogP contribution in [-0.2, 0) is 6.42 Å². The first-order valence-corrected chi connectivity index (χ1v) is 4.70. The smallest absolute Gasteiger partial charge is 0.127 e. The van der Waals surface area contributed by atoms with Gasteiger partial charge in [0, 0.05) is 18.1 Å². The van der Waals surface area contributed by atoms with Crippen LogP contribution in [0.1, 0.15) is 18.9 Å². The molecule has 0 aromatic heterocycles. The second-order valence-corrected chi connectivity index (χ2v) is 3.13. The summed E-state index contributed by atoms with van der Waals surface area (Å²) in [6.07, 6.45) is 2.02. The molecule has 0 saturated carbocycles. The Morgan fingerprint density at radius 2 is 2.54 bits per heavy atom. The predicted octanol–water partition coefficient (Wildman–Crippen LogP) is 2.21. The Bertz CT molecular complexity index is 294. The summed E-state index contributed by atoms with van der Waals surface area (Å²) in [4.78, 5) is 0. The van der Waals surface area contributed by atoms with E-state index in [0.717, 1.165) is 37.6 Å². The number of fused-ring (bicyclic) bond motifs is 1. The highest BCUT2D eigenvalue weighted by molar-refractivity contribution is 5.41. The summed E-state index contributed by atoms with van der Waals surface area (Å²) in [7, 11) is 0. The Balaban J connectivity index is 2.12. The van der Waals surface area contributed by atoms with E-state index < -0.39 is 0 Å². The Labute approximate surface area is 78.5 Å². The summed E-state index contributed by atoms with van der Waals surface area (Å²) in [6, 6.07) is 6.95. The molecule has 1 aromatic rings. The Hall–Kier alpha value is -1.18. The van der Waals surface area contributed by atoms with Crippen molar-refractivity contribution in [3.8, 4) is 11.5 Å². The molecule has 2 heteroatoms. The second kappa shape index (κ2) is 3.69. The lowest BCUT2D eigenvalue weighted by molar-refractivity contribution is 0.316. The first kappa shape index (κ1) is 8.42. The van der Waals surface area contributed by atoms with E-state index in [1.807, 2.05) is 12.1 Å². The zero-order chi connectivity index (χ0) is 9.10. The first-order chi connectivity index (χ1) is 6.40. The van der Waals surface area contributed by atoms with Gasteiger partial charge < -0.3 is 9.47 Å². The van der Waals surface area contributed by atoms with Gasteiger partial charge in [0.15, 0.2) is 0 Å². The van der Waals surface area contributed by atoms with Gasteiger partial charge in [0.1, 0.15) is 11.5 Å². The molecule has 0 saturated heterocycles. The van der Waals surface area contributed by atoms with Crippen LogP contribution in [0, 0.1) is 6.07 Å². The van der Waals surface area contributed by atoms with Gasteiger partial charge >= 0.3 is 0 Å². The van der Waals surface area contributed by atoms with Crippen molar-refractivity contribution >= 4 is 0 Å². The number of rotatable bonds is 3. The van der Waals surface area contributed by atoms with Gasteiger partial charge in [-0.1, -0.05) is 6.92 Å². The molecule has 0 spiro atoms. The van der Waals surface area contributed by atoms with Crippen molar-refractivity contribution in [2.75, 3.05) is 13.2 Å². The van der Waals surface area contributed by atoms with E-state index in [4.69, 9.17) is 9.47 Å². The van der Waals surface area contributed by atoms with E-state index in [0.29, 0.717) is 0 Å². The van der Waals surface area contributed by atoms with Crippen molar-refractivity contribution in [1.29, 1.82) is 0 Å². The fourth-order valence-electron chi connectivity index (χ4n) is 1.40. The van der Waals surface area contributed by atoms with Gasteiger partial charge in [0.05, 0.1) is 13.2 Å². The summed E-state index contributed by atoms with van der Waals surface area (Å²) in [5, 5.41) is 0. The van der Waals surface area contributed by atoms with Gasteiger partial charge in [-0.3, -0.25) is 0 Å². The standard InChI is InChI=1S/C11H13O2/c1-2-6-12-10-3-4-11-9(8-10)5-7-13-11/h4,8H,2,5-7H2,1H3. The quantitative estimate of drug-likeness (QED) is 0.704. The van der Waals surface area contributed by atoms with Gasteiger partial charge in [0.2, 0.25) is 0 Å². The maximum atomic E-state index is 5.47. The minimum absolute atomic E-state index is 0.760. The molecule has 1 radical (unpaired) electrons. The normalized spacial score (nSPS) is 13.6. The summed E-state index contributed by atoms with van der Waals surface area (Å²) in [5.74, 6) is 1.80. The summed E-state index contributed by atoms with van der Waals surface area (Å²) in [6.45, 7) is 3.65. The van der Waals surface area contributed by atoms with Crippen molar-refractivity contribution in [1.82, 2.24) is 0 Å². The maximum Gasteiger partial charge on any atom is 0.127 e. The van der Waals surface area contributed by atoms with Gasteiger partial charge in [-0.15, -0.1) is 0 Å². The first-order valence-electron chi connectivity index (χ1n) is 4.70. The van der Waals surface area contributed by atoms with Crippen LogP contribution in [0.5, 0.6) is 11.5 Å². The van der Waals surface area contributed by atoms with E-state index in [1.54, 1.807) is 0 Å². The van der Waals surface area contributed by atoms with Crippen molar-refractivity contribution < 1.29 is 9.47 Å². The van der Waals surface area contributed by atoms with Crippen LogP contribution < -0.4 is 9.47 Å². The zero-order valence-electron chi connectivity index (χ0n) is 7.80. The third-order valence-corrected chi connectivity index (χ3v) is 2.06. The Kier molecular flexibility index (Phi) is 2.39. The van der Waals surface area contributed by atoms with Crippen molar-refractivity contribution in [3.05, 3.63) is 23.8 Å². The molecule has 1 aliphatic rings. The van der Waals surface area contributed by atoms with Crippen LogP contribution in [0.4, 0.5) is 0 Å². The van der Waals surface area contributed by atoms with Gasteiger partial charge in [-0.25, -0.2) is 0 Å². The maximum absolute atomic E-state index is 5.47. The molecule has 1 heterocycles. The number of benzene rings is 1. The molecule has 0 bridgehead atoms. The minimum Gasteiger partial charge on any atom is -0.493 e. The number of hydrogen-bond acceptors (Lipinski definition) is 2. The average Bonchev–Trinajstić information content (AvgIpc) is 2.61. The second-order valence-electron chi connectivity index (χ2n) is 3.13. The Morgan fingerprint density at radius 3 is 3.38 bits per heavy atom. The van der Waals surface area contributed by atoms with Crippen LogP contribution in [0.2, 0.25) is 0 Å². The predicted molar refractivity (Wildman–Crippen MR) is 50.3 cm³/mol. The van der Waals surface area contributed by atoms with Crippen LogP contribution in [0.25, 0.3) is 0 Å². The van der Waals surface area contributed by atoms with E-state index in [2.05, 4.69) is 13.0 Å². The molecule has 1 aromatic carbocycles. The molecule has 0 unspecified atom stereocenters. The highest BCUT2D eigenvalue weighted by Crippen LogP contribution is 2.28. The molecule has 2 rings (SSSR count). The lowest BCUT2D eigenvalue weighted by Gasteiger charge is -2.05. The largest absolute Gasteiger partial charge is 0.493 e. The van der Waals surface area contributed by atoms with E-state index in [1.165, 1.54) is 5.56 Å². The Morgan fingerprint density at radius 1 is 1.62 bits per heavy atom. The molecular weight excluding hydrogens is 164 g/mol. The van der Waals surface area contributed by atoms with Crippen molar-refractivity contribution in [3.63, 3.8) is 0 Å². The molecule has 0 N–H and O–H groups in total. The molecule has 1 aliphatic heterocycles. The third-order valence-electron chi connectivity index (χ3n) is 2.06. The lowest BCUT2D eigenvalue weighted by atomic mass is 10.2. The van der Waals surface area contributed by atoms with Crippen molar-refractivity contribution in [2.24, 2.45) is 0 Å². The topological polar surface area (TPSA) is 18.5 Å². The van der Waals surface area contributed by atoms with E-state index >= 15 is 0 Å². The van der Waals surface area contributed by atoms with Gasteiger partial charge in [0.25, 0.3) is 0 Å². The SMILES string of the molecule is CCCOc1[c]cc2c(c1)CCO2. The zero-order valence-corrected chi connectivity index (χ0v) is 7.80. The highest BCUT2D eigenvalue weighted by atomic mass is 16.5. The highest BCUT2D eigenvalue weighted by Gasteiger charge is 2.12. The van der Waals surface area contributed by atoms with E-state index in [9.17, 15) is 0 Å². The van der Waals surface area contributed by atoms with Gasteiger partial charge in [-0.05, 0) is 18.6 Å². The molecular formula is C11H13O2. The molecule has 13 heavy (non-hydrogen) atoms. The number of ether oxygens (including phenoxy) is 2. The summed E-state index contributed by atoms with van der Waals surface area (Å²) >= 11 is 0. The molecule has 0 atom stereocenters. The van der Waals surface area contributed by atoms with E-state index in [-0.39, 0.29) is 0 Å². The van der Waals surface area contributed by atoms with Crippen LogP contribution in [0.15, 0.2) is 12.1 Å². The summed E-state index contributed by atoms with van der Waals surface area (Å²) in [5.41, 5.74) is 1.24. The molecule has 0 fully saturated rings. The fourth-order valence-corrected chi connectivity index (χ4v) is 1.40. The molecule has 0 amide bonds. The summed E-state index contributed by atoms with van der Waals surface area (Å²) < 4.78 is 10.8. The van der Waals surface area contributed by atoms with Crippen molar-refractivity contribution in [2.45, 2.75) is 19.8 Å².